The molecule has 0 saturated heterocycles. The number of halogens is 1. The minimum absolute atomic E-state index is 0.232. The average molecular weight is 295 g/mol. The fourth-order valence-electron chi connectivity index (χ4n) is 1.63. The molecule has 1 saturated carbocycles. The monoisotopic (exact) mass is 295 g/mol. The van der Waals surface area contributed by atoms with Crippen molar-refractivity contribution in [2.24, 2.45) is 0 Å². The first-order valence-corrected chi connectivity index (χ1v) is 7.31. The summed E-state index contributed by atoms with van der Waals surface area (Å²) in [6.07, 6.45) is 4.24. The summed E-state index contributed by atoms with van der Waals surface area (Å²) in [5.74, 6) is -0.0522. The molecule has 3 rings (SSSR count). The zero-order valence-electron chi connectivity index (χ0n) is 11.0. The molecular formula is C11H14FN7S. The molecule has 0 unspecified atom stereocenters. The minimum atomic E-state index is -0.470. The Labute approximate surface area is 119 Å². The van der Waals surface area contributed by atoms with Crippen molar-refractivity contribution in [3.63, 3.8) is 0 Å². The topological polar surface area (TPSA) is 81.4 Å². The van der Waals surface area contributed by atoms with Crippen molar-refractivity contribution in [1.82, 2.24) is 30.2 Å². The molecule has 0 aliphatic heterocycles. The maximum Gasteiger partial charge on any atom is 0.223 e. The van der Waals surface area contributed by atoms with E-state index in [0.29, 0.717) is 17.1 Å². The van der Waals surface area contributed by atoms with Gasteiger partial charge in [-0.3, -0.25) is 0 Å². The standard InChI is InChI=1S/C11H14FN7S/c1-2-5-13-10-14-6-8(12)9(15-10)20-11-16-17-18-19(11)7-3-4-7/h6-7H,2-5H2,1H3,(H,13,14,15). The van der Waals surface area contributed by atoms with Crippen molar-refractivity contribution in [3.05, 3.63) is 12.0 Å². The van der Waals surface area contributed by atoms with Crippen molar-refractivity contribution in [2.75, 3.05) is 11.9 Å². The Morgan fingerprint density at radius 3 is 3.10 bits per heavy atom. The first-order valence-electron chi connectivity index (χ1n) is 6.50. The highest BCUT2D eigenvalue weighted by atomic mass is 32.2. The highest BCUT2D eigenvalue weighted by Gasteiger charge is 2.28. The van der Waals surface area contributed by atoms with E-state index in [1.54, 1.807) is 4.68 Å². The van der Waals surface area contributed by atoms with Crippen LogP contribution in [0.25, 0.3) is 0 Å². The van der Waals surface area contributed by atoms with Gasteiger partial charge >= 0.3 is 0 Å². The highest BCUT2D eigenvalue weighted by Crippen LogP contribution is 2.38. The van der Waals surface area contributed by atoms with E-state index in [4.69, 9.17) is 0 Å². The van der Waals surface area contributed by atoms with Crippen molar-refractivity contribution in [2.45, 2.75) is 42.4 Å². The Morgan fingerprint density at radius 1 is 1.50 bits per heavy atom. The summed E-state index contributed by atoms with van der Waals surface area (Å²) in [4.78, 5) is 8.07. The zero-order chi connectivity index (χ0) is 13.9. The summed E-state index contributed by atoms with van der Waals surface area (Å²) in [5, 5.41) is 15.3. The summed E-state index contributed by atoms with van der Waals surface area (Å²) >= 11 is 1.12. The van der Waals surface area contributed by atoms with Crippen LogP contribution in [0.15, 0.2) is 16.4 Å². The molecule has 9 heteroatoms. The maximum atomic E-state index is 13.8. The molecule has 1 N–H and O–H groups in total. The average Bonchev–Trinajstić information content (AvgIpc) is 3.20. The third kappa shape index (κ3) is 2.87. The van der Waals surface area contributed by atoms with Gasteiger partial charge in [-0.2, -0.15) is 0 Å². The Hall–Kier alpha value is -1.77. The van der Waals surface area contributed by atoms with Gasteiger partial charge in [0.2, 0.25) is 11.1 Å². The summed E-state index contributed by atoms with van der Waals surface area (Å²) in [5.41, 5.74) is 0. The fraction of sp³-hybridized carbons (Fsp3) is 0.545. The molecule has 2 aromatic heterocycles. The Balaban J connectivity index is 1.80. The number of hydrogen-bond acceptors (Lipinski definition) is 7. The molecule has 20 heavy (non-hydrogen) atoms. The lowest BCUT2D eigenvalue weighted by atomic mass is 10.5. The van der Waals surface area contributed by atoms with Crippen molar-refractivity contribution >= 4 is 17.7 Å². The van der Waals surface area contributed by atoms with Crippen LogP contribution >= 0.6 is 11.8 Å². The van der Waals surface area contributed by atoms with E-state index < -0.39 is 5.82 Å². The number of aromatic nitrogens is 6. The fourth-order valence-corrected chi connectivity index (χ4v) is 2.44. The second kappa shape index (κ2) is 5.70. The number of hydrogen-bond donors (Lipinski definition) is 1. The number of nitrogens with zero attached hydrogens (tertiary/aromatic N) is 6. The second-order valence-electron chi connectivity index (χ2n) is 4.51. The number of anilines is 1. The van der Waals surface area contributed by atoms with Crippen LogP contribution in [0.5, 0.6) is 0 Å². The van der Waals surface area contributed by atoms with Gasteiger partial charge in [-0.05, 0) is 41.5 Å². The van der Waals surface area contributed by atoms with Crippen LogP contribution in [0.3, 0.4) is 0 Å². The summed E-state index contributed by atoms with van der Waals surface area (Å²) in [6, 6.07) is 0.343. The molecule has 0 atom stereocenters. The molecule has 106 valence electrons. The van der Waals surface area contributed by atoms with Crippen LogP contribution in [0.1, 0.15) is 32.2 Å². The van der Waals surface area contributed by atoms with E-state index in [1.807, 2.05) is 6.92 Å². The van der Waals surface area contributed by atoms with Crippen molar-refractivity contribution in [1.29, 1.82) is 0 Å². The van der Waals surface area contributed by atoms with Gasteiger partial charge in [-0.25, -0.2) is 19.0 Å². The van der Waals surface area contributed by atoms with Gasteiger partial charge in [0.05, 0.1) is 12.2 Å². The molecule has 1 aliphatic carbocycles. The lowest BCUT2D eigenvalue weighted by Crippen LogP contribution is -2.06. The first-order chi connectivity index (χ1) is 9.78. The third-order valence-corrected chi connectivity index (χ3v) is 3.72. The molecular weight excluding hydrogens is 281 g/mol. The molecule has 1 aliphatic rings. The Morgan fingerprint density at radius 2 is 2.35 bits per heavy atom. The van der Waals surface area contributed by atoms with Crippen LogP contribution in [0.2, 0.25) is 0 Å². The van der Waals surface area contributed by atoms with Gasteiger partial charge in [0.1, 0.15) is 5.03 Å². The molecule has 0 radical (unpaired) electrons. The van der Waals surface area contributed by atoms with Gasteiger partial charge in [0.15, 0.2) is 5.82 Å². The minimum Gasteiger partial charge on any atom is -0.354 e. The number of tetrazole rings is 1. The summed E-state index contributed by atoms with van der Waals surface area (Å²) < 4.78 is 15.5. The maximum absolute atomic E-state index is 13.8. The van der Waals surface area contributed by atoms with E-state index in [-0.39, 0.29) is 5.03 Å². The molecule has 0 spiro atoms. The first kappa shape index (κ1) is 13.2. The van der Waals surface area contributed by atoms with Crippen LogP contribution in [0, 0.1) is 5.82 Å². The van der Waals surface area contributed by atoms with E-state index in [9.17, 15) is 4.39 Å². The molecule has 0 aromatic carbocycles. The number of rotatable bonds is 6. The van der Waals surface area contributed by atoms with Gasteiger partial charge in [-0.1, -0.05) is 6.92 Å². The molecule has 2 heterocycles. The van der Waals surface area contributed by atoms with E-state index in [1.165, 1.54) is 6.20 Å². The van der Waals surface area contributed by atoms with E-state index in [0.717, 1.165) is 37.6 Å². The molecule has 7 nitrogen and oxygen atoms in total. The van der Waals surface area contributed by atoms with Crippen molar-refractivity contribution in [3.8, 4) is 0 Å². The molecule has 1 fully saturated rings. The SMILES string of the molecule is CCCNc1ncc(F)c(Sc2nnnn2C2CC2)n1. The Kier molecular flexibility index (Phi) is 3.77. The smallest absolute Gasteiger partial charge is 0.223 e. The summed E-state index contributed by atoms with van der Waals surface area (Å²) in [6.45, 7) is 2.78. The van der Waals surface area contributed by atoms with Crippen LogP contribution in [-0.4, -0.2) is 36.7 Å². The lowest BCUT2D eigenvalue weighted by molar-refractivity contribution is 0.560. The molecule has 0 bridgehead atoms. The van der Waals surface area contributed by atoms with Gasteiger partial charge in [-0.15, -0.1) is 5.10 Å². The number of nitrogens with one attached hydrogen (secondary N) is 1. The predicted octanol–water partition coefficient (Wildman–Crippen LogP) is 1.91. The summed E-state index contributed by atoms with van der Waals surface area (Å²) in [7, 11) is 0. The zero-order valence-corrected chi connectivity index (χ0v) is 11.8. The van der Waals surface area contributed by atoms with Gasteiger partial charge in [0, 0.05) is 6.54 Å². The molecule has 0 amide bonds. The lowest BCUT2D eigenvalue weighted by Gasteiger charge is -2.06. The van der Waals surface area contributed by atoms with Crippen LogP contribution < -0.4 is 5.32 Å². The Bertz CT molecular complexity index is 598. The van der Waals surface area contributed by atoms with Crippen LogP contribution in [-0.2, 0) is 0 Å². The quantitative estimate of drug-likeness (QED) is 0.815. The predicted molar refractivity (Wildman–Crippen MR) is 71.0 cm³/mol. The largest absolute Gasteiger partial charge is 0.354 e. The van der Waals surface area contributed by atoms with Crippen LogP contribution in [0.4, 0.5) is 10.3 Å². The van der Waals surface area contributed by atoms with Gasteiger partial charge in [0.25, 0.3) is 0 Å². The third-order valence-electron chi connectivity index (χ3n) is 2.79. The van der Waals surface area contributed by atoms with Gasteiger partial charge < -0.3 is 5.32 Å². The second-order valence-corrected chi connectivity index (χ2v) is 5.47. The highest BCUT2D eigenvalue weighted by molar-refractivity contribution is 7.99. The normalized spacial score (nSPS) is 14.5. The van der Waals surface area contributed by atoms with E-state index >= 15 is 0 Å². The van der Waals surface area contributed by atoms with E-state index in [2.05, 4.69) is 30.8 Å². The van der Waals surface area contributed by atoms with Crippen molar-refractivity contribution < 1.29 is 4.39 Å². The molecule has 2 aromatic rings.